The van der Waals surface area contributed by atoms with E-state index in [0.717, 1.165) is 16.7 Å². The second kappa shape index (κ2) is 8.65. The van der Waals surface area contributed by atoms with Crippen LogP contribution in [0, 0.1) is 6.92 Å². The number of thiazole rings is 1. The molecule has 31 heavy (non-hydrogen) atoms. The average molecular weight is 453 g/mol. The second-order valence-electron chi connectivity index (χ2n) is 7.23. The summed E-state index contributed by atoms with van der Waals surface area (Å²) in [5, 5.41) is 0.562. The molecule has 0 fully saturated rings. The monoisotopic (exact) mass is 452 g/mol. The predicted octanol–water partition coefficient (Wildman–Crippen LogP) is 3.76. The maximum absolute atomic E-state index is 13.5. The van der Waals surface area contributed by atoms with Crippen LogP contribution in [0.25, 0.3) is 6.08 Å². The number of ether oxygens (including phenoxy) is 1. The van der Waals surface area contributed by atoms with E-state index in [-0.39, 0.29) is 12.2 Å². The summed E-state index contributed by atoms with van der Waals surface area (Å²) >= 11 is 7.57. The minimum Gasteiger partial charge on any atom is -0.463 e. The quantitative estimate of drug-likeness (QED) is 0.566. The predicted molar refractivity (Wildman–Crippen MR) is 123 cm³/mol. The van der Waals surface area contributed by atoms with Crippen LogP contribution in [-0.4, -0.2) is 17.1 Å². The molecule has 7 heteroatoms. The number of esters is 1. The Balaban J connectivity index is 1.97. The van der Waals surface area contributed by atoms with Gasteiger partial charge in [-0.3, -0.25) is 9.36 Å². The summed E-state index contributed by atoms with van der Waals surface area (Å²) in [4.78, 5) is 31.4. The van der Waals surface area contributed by atoms with Crippen LogP contribution >= 0.6 is 22.9 Å². The molecule has 158 valence electrons. The molecule has 5 nitrogen and oxygen atoms in total. The van der Waals surface area contributed by atoms with Crippen LogP contribution in [0.15, 0.2) is 69.6 Å². The zero-order valence-electron chi connectivity index (χ0n) is 17.4. The van der Waals surface area contributed by atoms with Gasteiger partial charge in [0.1, 0.15) is 0 Å². The number of benzene rings is 2. The van der Waals surface area contributed by atoms with Crippen molar-refractivity contribution in [3.05, 3.63) is 101 Å². The topological polar surface area (TPSA) is 60.7 Å². The van der Waals surface area contributed by atoms with Gasteiger partial charge in [0.05, 0.1) is 28.5 Å². The number of hydrogen-bond donors (Lipinski definition) is 0. The molecule has 0 saturated carbocycles. The molecule has 4 rings (SSSR count). The van der Waals surface area contributed by atoms with Crippen molar-refractivity contribution in [1.82, 2.24) is 4.57 Å². The van der Waals surface area contributed by atoms with Crippen molar-refractivity contribution < 1.29 is 9.53 Å². The Hall–Kier alpha value is -2.96. The number of halogens is 1. The standard InChI is InChI=1S/C24H21ClN2O3S/c1-4-30-23(29)20-15(3)26-24-27(21(20)16-11-9-14(2)10-12-16)22(28)19(31-24)13-17-7-5-6-8-18(17)25/h5-13,21H,4H2,1-3H3. The maximum Gasteiger partial charge on any atom is 0.338 e. The minimum absolute atomic E-state index is 0.219. The summed E-state index contributed by atoms with van der Waals surface area (Å²) in [5.74, 6) is -0.463. The van der Waals surface area contributed by atoms with Crippen molar-refractivity contribution in [1.29, 1.82) is 0 Å². The third-order valence-electron chi connectivity index (χ3n) is 5.10. The fourth-order valence-corrected chi connectivity index (χ4v) is 4.82. The Labute approximate surface area is 188 Å². The van der Waals surface area contributed by atoms with Crippen molar-refractivity contribution in [3.63, 3.8) is 0 Å². The van der Waals surface area contributed by atoms with Gasteiger partial charge in [0.2, 0.25) is 0 Å². The molecular formula is C24H21ClN2O3S. The summed E-state index contributed by atoms with van der Waals surface area (Å²) in [6.45, 7) is 5.77. The van der Waals surface area contributed by atoms with E-state index in [0.29, 0.717) is 25.6 Å². The molecule has 1 aliphatic rings. The lowest BCUT2D eigenvalue weighted by atomic mass is 9.95. The highest BCUT2D eigenvalue weighted by Crippen LogP contribution is 2.30. The summed E-state index contributed by atoms with van der Waals surface area (Å²) < 4.78 is 7.39. The van der Waals surface area contributed by atoms with Gasteiger partial charge >= 0.3 is 5.97 Å². The number of rotatable bonds is 4. The summed E-state index contributed by atoms with van der Waals surface area (Å²) in [6.07, 6.45) is 1.77. The molecule has 0 radical (unpaired) electrons. The van der Waals surface area contributed by atoms with Crippen LogP contribution in [0.1, 0.15) is 36.6 Å². The molecule has 2 heterocycles. The van der Waals surface area contributed by atoms with Crippen LogP contribution in [-0.2, 0) is 9.53 Å². The number of aryl methyl sites for hydroxylation is 1. The Kier molecular flexibility index (Phi) is 5.94. The molecule has 0 aliphatic carbocycles. The lowest BCUT2D eigenvalue weighted by Gasteiger charge is -2.24. The Morgan fingerprint density at radius 2 is 1.90 bits per heavy atom. The fourth-order valence-electron chi connectivity index (χ4n) is 3.59. The molecule has 3 aromatic rings. The van der Waals surface area contributed by atoms with E-state index in [2.05, 4.69) is 4.99 Å². The first-order valence-corrected chi connectivity index (χ1v) is 11.1. The second-order valence-corrected chi connectivity index (χ2v) is 8.65. The first-order valence-electron chi connectivity index (χ1n) is 9.91. The van der Waals surface area contributed by atoms with E-state index in [1.54, 1.807) is 30.6 Å². The van der Waals surface area contributed by atoms with Crippen molar-refractivity contribution in [2.24, 2.45) is 4.99 Å². The van der Waals surface area contributed by atoms with Crippen LogP contribution in [0.2, 0.25) is 5.02 Å². The maximum atomic E-state index is 13.5. The molecular weight excluding hydrogens is 432 g/mol. The van der Waals surface area contributed by atoms with Crippen molar-refractivity contribution in [3.8, 4) is 0 Å². The summed E-state index contributed by atoms with van der Waals surface area (Å²) in [6, 6.07) is 14.5. The molecule has 0 bridgehead atoms. The lowest BCUT2D eigenvalue weighted by molar-refractivity contribution is -0.139. The van der Waals surface area contributed by atoms with Gasteiger partial charge in [-0.1, -0.05) is 71.0 Å². The Morgan fingerprint density at radius 3 is 2.58 bits per heavy atom. The number of nitrogens with zero attached hydrogens (tertiary/aromatic N) is 2. The summed E-state index contributed by atoms with van der Waals surface area (Å²) in [5.41, 5.74) is 3.38. The highest BCUT2D eigenvalue weighted by molar-refractivity contribution is 7.07. The molecule has 1 atom stereocenters. The van der Waals surface area contributed by atoms with Gasteiger partial charge in [-0.2, -0.15) is 0 Å². The lowest BCUT2D eigenvalue weighted by Crippen LogP contribution is -2.39. The van der Waals surface area contributed by atoms with Crippen LogP contribution < -0.4 is 14.9 Å². The Bertz CT molecular complexity index is 1370. The minimum atomic E-state index is -0.607. The van der Waals surface area contributed by atoms with Gasteiger partial charge in [-0.25, -0.2) is 9.79 Å². The average Bonchev–Trinajstić information content (AvgIpc) is 3.04. The third-order valence-corrected chi connectivity index (χ3v) is 6.43. The van der Waals surface area contributed by atoms with Gasteiger partial charge < -0.3 is 4.74 Å². The molecule has 1 aliphatic heterocycles. The smallest absolute Gasteiger partial charge is 0.338 e. The highest BCUT2D eigenvalue weighted by Gasteiger charge is 2.33. The van der Waals surface area contributed by atoms with Gasteiger partial charge in [0, 0.05) is 5.02 Å². The van der Waals surface area contributed by atoms with Gasteiger partial charge in [0.15, 0.2) is 4.80 Å². The van der Waals surface area contributed by atoms with Crippen LogP contribution in [0.5, 0.6) is 0 Å². The van der Waals surface area contributed by atoms with E-state index >= 15 is 0 Å². The summed E-state index contributed by atoms with van der Waals surface area (Å²) in [7, 11) is 0. The fraction of sp³-hybridized carbons (Fsp3) is 0.208. The van der Waals surface area contributed by atoms with E-state index < -0.39 is 12.0 Å². The number of allylic oxidation sites excluding steroid dienone is 1. The number of aromatic nitrogens is 1. The van der Waals surface area contributed by atoms with Crippen LogP contribution in [0.3, 0.4) is 0 Å². The molecule has 1 unspecified atom stereocenters. The SMILES string of the molecule is CCOC(=O)C1=C(C)N=c2sc(=Cc3ccccc3Cl)c(=O)n2C1c1ccc(C)cc1. The molecule has 1 aromatic heterocycles. The zero-order valence-corrected chi connectivity index (χ0v) is 19.0. The van der Waals surface area contributed by atoms with Crippen molar-refractivity contribution in [2.45, 2.75) is 26.8 Å². The van der Waals surface area contributed by atoms with Crippen molar-refractivity contribution in [2.75, 3.05) is 6.61 Å². The third kappa shape index (κ3) is 4.01. The van der Waals surface area contributed by atoms with E-state index in [9.17, 15) is 9.59 Å². The highest BCUT2D eigenvalue weighted by atomic mass is 35.5. The van der Waals surface area contributed by atoms with Gasteiger partial charge in [0.25, 0.3) is 5.56 Å². The first kappa shape index (κ1) is 21.3. The van der Waals surface area contributed by atoms with E-state index in [4.69, 9.17) is 16.3 Å². The molecule has 0 amide bonds. The van der Waals surface area contributed by atoms with Crippen LogP contribution in [0.4, 0.5) is 0 Å². The first-order chi connectivity index (χ1) is 14.9. The number of hydrogen-bond acceptors (Lipinski definition) is 5. The molecule has 0 spiro atoms. The van der Waals surface area contributed by atoms with Crippen molar-refractivity contribution >= 4 is 35.0 Å². The largest absolute Gasteiger partial charge is 0.463 e. The van der Waals surface area contributed by atoms with Gasteiger partial charge in [-0.15, -0.1) is 0 Å². The molecule has 0 saturated heterocycles. The number of carbonyl (C=O) groups excluding carboxylic acids is 1. The molecule has 2 aromatic carbocycles. The van der Waals surface area contributed by atoms with Gasteiger partial charge in [-0.05, 0) is 44.0 Å². The van der Waals surface area contributed by atoms with E-state index in [1.807, 2.05) is 49.4 Å². The van der Waals surface area contributed by atoms with E-state index in [1.165, 1.54) is 11.3 Å². The molecule has 0 N–H and O–H groups in total. The number of carbonyl (C=O) groups is 1. The zero-order chi connectivity index (χ0) is 22.1. The normalized spacial score (nSPS) is 16.1. The number of fused-ring (bicyclic) bond motifs is 1. The Morgan fingerprint density at radius 1 is 1.19 bits per heavy atom.